The third kappa shape index (κ3) is 4.58. The normalized spacial score (nSPS) is 14.2. The maximum atomic E-state index is 13.1. The lowest BCUT2D eigenvalue weighted by atomic mass is 10.1. The molecule has 170 valence electrons. The van der Waals surface area contributed by atoms with E-state index in [1.807, 2.05) is 0 Å². The molecule has 1 aliphatic rings. The van der Waals surface area contributed by atoms with E-state index in [9.17, 15) is 22.8 Å². The Bertz CT molecular complexity index is 1230. The van der Waals surface area contributed by atoms with E-state index in [0.29, 0.717) is 11.1 Å². The Balaban J connectivity index is 1.35. The Kier molecular flexibility index (Phi) is 6.41. The van der Waals surface area contributed by atoms with E-state index in [0.717, 1.165) is 4.90 Å². The molecular weight excluding hydrogens is 444 g/mol. The molecule has 0 radical (unpaired) electrons. The lowest BCUT2D eigenvalue weighted by molar-refractivity contribution is -0.121. The van der Waals surface area contributed by atoms with Crippen molar-refractivity contribution in [1.82, 2.24) is 10.2 Å². The maximum absolute atomic E-state index is 13.1. The van der Waals surface area contributed by atoms with Crippen LogP contribution in [-0.4, -0.2) is 44.1 Å². The van der Waals surface area contributed by atoms with Crippen LogP contribution in [0, 0.1) is 0 Å². The van der Waals surface area contributed by atoms with Gasteiger partial charge < -0.3 is 9.73 Å². The molecular formula is C24H22N2O6S. The van der Waals surface area contributed by atoms with E-state index in [-0.39, 0.29) is 54.3 Å². The van der Waals surface area contributed by atoms with Crippen molar-refractivity contribution in [2.45, 2.75) is 23.0 Å². The van der Waals surface area contributed by atoms with Crippen molar-refractivity contribution in [2.24, 2.45) is 0 Å². The minimum atomic E-state index is -3.80. The number of furan rings is 1. The van der Waals surface area contributed by atoms with Crippen molar-refractivity contribution in [3.63, 3.8) is 0 Å². The third-order valence-electron chi connectivity index (χ3n) is 5.46. The minimum absolute atomic E-state index is 0.0314. The molecule has 0 fully saturated rings. The summed E-state index contributed by atoms with van der Waals surface area (Å²) in [6.45, 7) is -0.0692. The van der Waals surface area contributed by atoms with Crippen LogP contribution in [0.5, 0.6) is 0 Å². The van der Waals surface area contributed by atoms with Gasteiger partial charge in [-0.1, -0.05) is 30.3 Å². The highest BCUT2D eigenvalue weighted by atomic mass is 32.2. The zero-order valence-corrected chi connectivity index (χ0v) is 18.5. The number of nitrogens with one attached hydrogen (secondary N) is 1. The molecule has 9 heteroatoms. The summed E-state index contributed by atoms with van der Waals surface area (Å²) in [7, 11) is -3.80. The SMILES string of the molecule is O=C(CCCN1C(=O)c2ccccc2C1=O)NC[C@H](c1ccco1)S(=O)(=O)c1ccccc1. The molecule has 0 bridgehead atoms. The van der Waals surface area contributed by atoms with Crippen molar-refractivity contribution in [1.29, 1.82) is 0 Å². The second-order valence-electron chi connectivity index (χ2n) is 7.58. The molecule has 3 amide bonds. The number of carbonyl (C=O) groups excluding carboxylic acids is 3. The standard InChI is InChI=1S/C24H22N2O6S/c27-22(13-6-14-26-23(28)18-10-4-5-11-19(18)24(26)29)25-16-21(20-12-7-15-32-20)33(30,31)17-8-2-1-3-9-17/h1-5,7-12,15,21H,6,13-14,16H2,(H,25,27)/t21-/m1/s1. The Morgan fingerprint density at radius 3 is 2.15 bits per heavy atom. The van der Waals surface area contributed by atoms with Crippen LogP contribution in [0.15, 0.2) is 82.3 Å². The number of imide groups is 1. The van der Waals surface area contributed by atoms with Crippen LogP contribution in [0.2, 0.25) is 0 Å². The number of carbonyl (C=O) groups is 3. The molecule has 4 rings (SSSR count). The summed E-state index contributed by atoms with van der Waals surface area (Å²) in [5, 5.41) is 1.56. The zero-order chi connectivity index (χ0) is 23.4. The Hall–Kier alpha value is -3.72. The van der Waals surface area contributed by atoms with Crippen LogP contribution in [0.4, 0.5) is 0 Å². The summed E-state index contributed by atoms with van der Waals surface area (Å²) >= 11 is 0. The smallest absolute Gasteiger partial charge is 0.261 e. The van der Waals surface area contributed by atoms with Crippen LogP contribution in [0.1, 0.15) is 44.6 Å². The molecule has 0 aliphatic carbocycles. The van der Waals surface area contributed by atoms with E-state index in [1.54, 1.807) is 54.6 Å². The second-order valence-corrected chi connectivity index (χ2v) is 9.71. The molecule has 8 nitrogen and oxygen atoms in total. The van der Waals surface area contributed by atoms with Gasteiger partial charge in [-0.25, -0.2) is 8.42 Å². The molecule has 3 aromatic rings. The lowest BCUT2D eigenvalue weighted by Crippen LogP contribution is -2.34. The van der Waals surface area contributed by atoms with E-state index in [2.05, 4.69) is 5.32 Å². The van der Waals surface area contributed by atoms with Gasteiger partial charge in [0.1, 0.15) is 11.0 Å². The van der Waals surface area contributed by atoms with Gasteiger partial charge in [-0.3, -0.25) is 19.3 Å². The van der Waals surface area contributed by atoms with Crippen LogP contribution >= 0.6 is 0 Å². The molecule has 1 atom stereocenters. The van der Waals surface area contributed by atoms with Gasteiger partial charge in [0.05, 0.1) is 22.3 Å². The predicted molar refractivity (Wildman–Crippen MR) is 119 cm³/mol. The molecule has 0 saturated carbocycles. The summed E-state index contributed by atoms with van der Waals surface area (Å²) in [6.07, 6.45) is 1.67. The van der Waals surface area contributed by atoms with Gasteiger partial charge in [0.15, 0.2) is 9.84 Å². The molecule has 1 aromatic heterocycles. The first-order valence-electron chi connectivity index (χ1n) is 10.4. The van der Waals surface area contributed by atoms with Crippen LogP contribution in [0.3, 0.4) is 0 Å². The predicted octanol–water partition coefficient (Wildman–Crippen LogP) is 2.99. The summed E-state index contributed by atoms with van der Waals surface area (Å²) < 4.78 is 31.6. The number of sulfone groups is 1. The van der Waals surface area contributed by atoms with Gasteiger partial charge in [0.2, 0.25) is 5.91 Å². The summed E-state index contributed by atoms with van der Waals surface area (Å²) in [5.74, 6) is -0.901. The van der Waals surface area contributed by atoms with E-state index < -0.39 is 15.1 Å². The average molecular weight is 467 g/mol. The van der Waals surface area contributed by atoms with Crippen molar-refractivity contribution >= 4 is 27.6 Å². The Labute approximate surface area is 191 Å². The number of hydrogen-bond acceptors (Lipinski definition) is 6. The molecule has 33 heavy (non-hydrogen) atoms. The van der Waals surface area contributed by atoms with E-state index in [1.165, 1.54) is 18.4 Å². The fraction of sp³-hybridized carbons (Fsp3) is 0.208. The molecule has 0 saturated heterocycles. The minimum Gasteiger partial charge on any atom is -0.468 e. The first kappa shape index (κ1) is 22.5. The van der Waals surface area contributed by atoms with Crippen LogP contribution in [-0.2, 0) is 14.6 Å². The second kappa shape index (κ2) is 9.41. The number of nitrogens with zero attached hydrogens (tertiary/aromatic N) is 1. The fourth-order valence-electron chi connectivity index (χ4n) is 3.75. The van der Waals surface area contributed by atoms with Crippen molar-refractivity contribution in [2.75, 3.05) is 13.1 Å². The molecule has 2 heterocycles. The van der Waals surface area contributed by atoms with Gasteiger partial charge >= 0.3 is 0 Å². The first-order valence-corrected chi connectivity index (χ1v) is 12.0. The number of hydrogen-bond donors (Lipinski definition) is 1. The van der Waals surface area contributed by atoms with Crippen LogP contribution < -0.4 is 5.32 Å². The van der Waals surface area contributed by atoms with Crippen molar-refractivity contribution in [3.05, 3.63) is 89.9 Å². The summed E-state index contributed by atoms with van der Waals surface area (Å²) in [6, 6.07) is 17.7. The van der Waals surface area contributed by atoms with E-state index >= 15 is 0 Å². The topological polar surface area (TPSA) is 114 Å². The number of amides is 3. The highest BCUT2D eigenvalue weighted by molar-refractivity contribution is 7.91. The monoisotopic (exact) mass is 466 g/mol. The number of fused-ring (bicyclic) bond motifs is 1. The number of rotatable bonds is 9. The summed E-state index contributed by atoms with van der Waals surface area (Å²) in [4.78, 5) is 38.5. The fourth-order valence-corrected chi connectivity index (χ4v) is 5.35. The van der Waals surface area contributed by atoms with Gasteiger partial charge in [0, 0.05) is 19.5 Å². The first-order chi connectivity index (χ1) is 15.9. The Morgan fingerprint density at radius 2 is 1.55 bits per heavy atom. The molecule has 1 N–H and O–H groups in total. The molecule has 2 aromatic carbocycles. The maximum Gasteiger partial charge on any atom is 0.261 e. The van der Waals surface area contributed by atoms with E-state index in [4.69, 9.17) is 4.42 Å². The lowest BCUT2D eigenvalue weighted by Gasteiger charge is -2.17. The molecule has 0 unspecified atom stereocenters. The largest absolute Gasteiger partial charge is 0.468 e. The molecule has 0 spiro atoms. The van der Waals surface area contributed by atoms with Crippen molar-refractivity contribution in [3.8, 4) is 0 Å². The Morgan fingerprint density at radius 1 is 0.909 bits per heavy atom. The van der Waals surface area contributed by atoms with Gasteiger partial charge in [-0.15, -0.1) is 0 Å². The highest BCUT2D eigenvalue weighted by Crippen LogP contribution is 2.29. The van der Waals surface area contributed by atoms with Gasteiger partial charge in [-0.05, 0) is 42.8 Å². The van der Waals surface area contributed by atoms with Crippen molar-refractivity contribution < 1.29 is 27.2 Å². The molecule has 1 aliphatic heterocycles. The van der Waals surface area contributed by atoms with Gasteiger partial charge in [-0.2, -0.15) is 0 Å². The third-order valence-corrected chi connectivity index (χ3v) is 7.53. The highest BCUT2D eigenvalue weighted by Gasteiger charge is 2.35. The summed E-state index contributed by atoms with van der Waals surface area (Å²) in [5.41, 5.74) is 0.721. The number of benzene rings is 2. The van der Waals surface area contributed by atoms with Crippen LogP contribution in [0.25, 0.3) is 0 Å². The van der Waals surface area contributed by atoms with Gasteiger partial charge in [0.25, 0.3) is 11.8 Å². The zero-order valence-electron chi connectivity index (χ0n) is 17.6. The quantitative estimate of drug-likeness (QED) is 0.485. The average Bonchev–Trinajstić information content (AvgIpc) is 3.43.